The van der Waals surface area contributed by atoms with Crippen LogP contribution in [0.3, 0.4) is 0 Å². The molecule has 3 N–H and O–H groups in total. The molecule has 11 heavy (non-hydrogen) atoms. The van der Waals surface area contributed by atoms with E-state index in [1.807, 2.05) is 5.38 Å². The highest BCUT2D eigenvalue weighted by Crippen LogP contribution is 2.23. The number of hydrogen-bond donors (Lipinski definition) is 2. The van der Waals surface area contributed by atoms with E-state index in [0.29, 0.717) is 0 Å². The van der Waals surface area contributed by atoms with Crippen molar-refractivity contribution in [3.05, 3.63) is 27.9 Å². The molecule has 2 aromatic rings. The van der Waals surface area contributed by atoms with Crippen LogP contribution in [0.4, 0.5) is 5.69 Å². The van der Waals surface area contributed by atoms with Gasteiger partial charge in [-0.2, -0.15) is 0 Å². The SMILES string of the molecule is Nc1csc2[nH]c(=O)ccc12. The van der Waals surface area contributed by atoms with Crippen LogP contribution in [0.1, 0.15) is 0 Å². The Hall–Kier alpha value is -1.29. The van der Waals surface area contributed by atoms with E-state index in [1.165, 1.54) is 17.4 Å². The van der Waals surface area contributed by atoms with Crippen LogP contribution in [-0.4, -0.2) is 4.98 Å². The van der Waals surface area contributed by atoms with Crippen molar-refractivity contribution >= 4 is 27.2 Å². The number of aromatic nitrogens is 1. The average molecular weight is 166 g/mol. The Morgan fingerprint density at radius 1 is 1.45 bits per heavy atom. The van der Waals surface area contributed by atoms with Gasteiger partial charge in [-0.3, -0.25) is 4.79 Å². The fraction of sp³-hybridized carbons (Fsp3) is 0. The highest BCUT2D eigenvalue weighted by atomic mass is 32.1. The van der Waals surface area contributed by atoms with Crippen molar-refractivity contribution < 1.29 is 0 Å². The lowest BCUT2D eigenvalue weighted by molar-refractivity contribution is 1.33. The molecule has 0 amide bonds. The van der Waals surface area contributed by atoms with Crippen LogP contribution >= 0.6 is 11.3 Å². The monoisotopic (exact) mass is 166 g/mol. The molecule has 0 spiro atoms. The first kappa shape index (κ1) is 6.42. The largest absolute Gasteiger partial charge is 0.398 e. The van der Waals surface area contributed by atoms with Gasteiger partial charge in [-0.05, 0) is 6.07 Å². The molecule has 0 aliphatic rings. The summed E-state index contributed by atoms with van der Waals surface area (Å²) in [4.78, 5) is 14.3. The number of hydrogen-bond acceptors (Lipinski definition) is 3. The minimum atomic E-state index is -0.0839. The fourth-order valence-electron chi connectivity index (χ4n) is 0.962. The smallest absolute Gasteiger partial charge is 0.249 e. The molecule has 0 bridgehead atoms. The Labute approximate surface area is 66.5 Å². The molecular weight excluding hydrogens is 160 g/mol. The van der Waals surface area contributed by atoms with Crippen LogP contribution in [0, 0.1) is 0 Å². The second-order valence-electron chi connectivity index (χ2n) is 2.26. The van der Waals surface area contributed by atoms with Gasteiger partial charge in [0.2, 0.25) is 5.56 Å². The molecule has 2 rings (SSSR count). The fourth-order valence-corrected chi connectivity index (χ4v) is 1.81. The highest BCUT2D eigenvalue weighted by molar-refractivity contribution is 7.17. The summed E-state index contributed by atoms with van der Waals surface area (Å²) in [5.41, 5.74) is 6.25. The zero-order valence-electron chi connectivity index (χ0n) is 5.63. The lowest BCUT2D eigenvalue weighted by Gasteiger charge is -1.87. The molecule has 4 heteroatoms. The molecule has 0 atom stereocenters. The number of nitrogens with one attached hydrogen (secondary N) is 1. The maximum Gasteiger partial charge on any atom is 0.249 e. The van der Waals surface area contributed by atoms with Crippen molar-refractivity contribution in [1.82, 2.24) is 4.98 Å². The minimum absolute atomic E-state index is 0.0839. The number of H-pyrrole nitrogens is 1. The van der Waals surface area contributed by atoms with E-state index in [9.17, 15) is 4.79 Å². The Morgan fingerprint density at radius 2 is 2.27 bits per heavy atom. The molecule has 0 aliphatic heterocycles. The van der Waals surface area contributed by atoms with Crippen LogP contribution in [0.15, 0.2) is 22.3 Å². The number of nitrogens with two attached hydrogens (primary N) is 1. The average Bonchev–Trinajstić information content (AvgIpc) is 2.32. The Morgan fingerprint density at radius 3 is 3.09 bits per heavy atom. The molecule has 0 unspecified atom stereocenters. The first-order valence-electron chi connectivity index (χ1n) is 3.13. The molecule has 2 aromatic heterocycles. The molecule has 0 saturated carbocycles. The summed E-state index contributed by atoms with van der Waals surface area (Å²) in [6.45, 7) is 0. The van der Waals surface area contributed by atoms with E-state index in [2.05, 4.69) is 4.98 Å². The van der Waals surface area contributed by atoms with E-state index < -0.39 is 0 Å². The Kier molecular flexibility index (Phi) is 1.22. The number of nitrogen functional groups attached to an aromatic ring is 1. The standard InChI is InChI=1S/C7H6N2OS/c8-5-3-11-7-4(5)1-2-6(10)9-7/h1-3H,8H2,(H,9,10). The van der Waals surface area contributed by atoms with E-state index in [-0.39, 0.29) is 5.56 Å². The van der Waals surface area contributed by atoms with Gasteiger partial charge in [0, 0.05) is 16.8 Å². The molecule has 3 nitrogen and oxygen atoms in total. The van der Waals surface area contributed by atoms with Crippen molar-refractivity contribution in [2.75, 3.05) is 5.73 Å². The summed E-state index contributed by atoms with van der Waals surface area (Å²) >= 11 is 1.45. The molecule has 0 aliphatic carbocycles. The van der Waals surface area contributed by atoms with Crippen LogP contribution in [0.25, 0.3) is 10.2 Å². The van der Waals surface area contributed by atoms with E-state index >= 15 is 0 Å². The number of fused-ring (bicyclic) bond motifs is 1. The third-order valence-corrected chi connectivity index (χ3v) is 2.43. The van der Waals surface area contributed by atoms with E-state index in [4.69, 9.17) is 5.73 Å². The second-order valence-corrected chi connectivity index (χ2v) is 3.14. The summed E-state index contributed by atoms with van der Waals surface area (Å²) in [7, 11) is 0. The zero-order chi connectivity index (χ0) is 7.84. The Balaban J connectivity index is 2.96. The zero-order valence-corrected chi connectivity index (χ0v) is 6.44. The van der Waals surface area contributed by atoms with Crippen LogP contribution < -0.4 is 11.3 Å². The van der Waals surface area contributed by atoms with E-state index in [0.717, 1.165) is 15.9 Å². The van der Waals surface area contributed by atoms with Crippen LogP contribution in [0.2, 0.25) is 0 Å². The van der Waals surface area contributed by atoms with Crippen LogP contribution in [0.5, 0.6) is 0 Å². The lowest BCUT2D eigenvalue weighted by Crippen LogP contribution is -2.00. The van der Waals surface area contributed by atoms with E-state index in [1.54, 1.807) is 6.07 Å². The van der Waals surface area contributed by atoms with Crippen molar-refractivity contribution in [3.8, 4) is 0 Å². The maximum atomic E-state index is 10.8. The van der Waals surface area contributed by atoms with Crippen LogP contribution in [-0.2, 0) is 0 Å². The third-order valence-electron chi connectivity index (χ3n) is 1.50. The van der Waals surface area contributed by atoms with Gasteiger partial charge in [-0.1, -0.05) is 0 Å². The molecule has 0 saturated heterocycles. The van der Waals surface area contributed by atoms with Gasteiger partial charge in [0.25, 0.3) is 0 Å². The summed E-state index contributed by atoms with van der Waals surface area (Å²) < 4.78 is 0. The van der Waals surface area contributed by atoms with Gasteiger partial charge in [-0.25, -0.2) is 0 Å². The van der Waals surface area contributed by atoms with Gasteiger partial charge in [0.1, 0.15) is 4.83 Å². The minimum Gasteiger partial charge on any atom is -0.398 e. The summed E-state index contributed by atoms with van der Waals surface area (Å²) in [5, 5.41) is 2.75. The lowest BCUT2D eigenvalue weighted by atomic mass is 10.3. The molecule has 0 aromatic carbocycles. The molecule has 0 radical (unpaired) electrons. The normalized spacial score (nSPS) is 10.5. The van der Waals surface area contributed by atoms with Crippen molar-refractivity contribution in [2.45, 2.75) is 0 Å². The number of rotatable bonds is 0. The second kappa shape index (κ2) is 2.10. The van der Waals surface area contributed by atoms with Gasteiger partial charge in [0.15, 0.2) is 0 Å². The Bertz CT molecular complexity index is 443. The molecule has 56 valence electrons. The summed E-state index contributed by atoms with van der Waals surface area (Å²) in [5.74, 6) is 0. The van der Waals surface area contributed by atoms with Gasteiger partial charge >= 0.3 is 0 Å². The van der Waals surface area contributed by atoms with Gasteiger partial charge in [-0.15, -0.1) is 11.3 Å². The number of anilines is 1. The molecular formula is C7H6N2OS. The first-order chi connectivity index (χ1) is 5.27. The molecule has 2 heterocycles. The van der Waals surface area contributed by atoms with Crippen molar-refractivity contribution in [3.63, 3.8) is 0 Å². The summed E-state index contributed by atoms with van der Waals surface area (Å²) in [6.07, 6.45) is 0. The highest BCUT2D eigenvalue weighted by Gasteiger charge is 1.98. The van der Waals surface area contributed by atoms with Gasteiger partial charge < -0.3 is 10.7 Å². The maximum absolute atomic E-state index is 10.8. The predicted molar refractivity (Wildman–Crippen MR) is 46.9 cm³/mol. The number of thiophene rings is 1. The number of aromatic amines is 1. The number of pyridine rings is 1. The molecule has 0 fully saturated rings. The van der Waals surface area contributed by atoms with Crippen molar-refractivity contribution in [2.24, 2.45) is 0 Å². The van der Waals surface area contributed by atoms with Gasteiger partial charge in [0.05, 0.1) is 5.69 Å². The van der Waals surface area contributed by atoms with Crippen molar-refractivity contribution in [1.29, 1.82) is 0 Å². The first-order valence-corrected chi connectivity index (χ1v) is 4.01. The summed E-state index contributed by atoms with van der Waals surface area (Å²) in [6, 6.07) is 3.21. The topological polar surface area (TPSA) is 58.9 Å². The quantitative estimate of drug-likeness (QED) is 0.617. The third kappa shape index (κ3) is 0.914. The predicted octanol–water partition coefficient (Wildman–Crippen LogP) is 1.17.